The fraction of sp³-hybridized carbons (Fsp3) is 0.833. The Bertz CT molecular complexity index is 382. The fourth-order valence-electron chi connectivity index (χ4n) is 3.82. The number of aromatic nitrogens is 2. The molecule has 2 nitrogen and oxygen atoms in total. The zero-order chi connectivity index (χ0) is 15.1. The van der Waals surface area contributed by atoms with Crippen LogP contribution < -0.4 is 3.71 Å². The van der Waals surface area contributed by atoms with Gasteiger partial charge in [0.2, 0.25) is 0 Å². The molecular weight excluding hydrogens is 363 g/mol. The van der Waals surface area contributed by atoms with E-state index >= 15 is 0 Å². The third-order valence-corrected chi connectivity index (χ3v) is 20.3. The van der Waals surface area contributed by atoms with Crippen LogP contribution in [0, 0.1) is 0 Å². The van der Waals surface area contributed by atoms with E-state index in [0.717, 1.165) is 0 Å². The monoisotopic (exact) mass is 398 g/mol. The average molecular weight is 397 g/mol. The minimum atomic E-state index is -2.24. The number of nitrogens with zero attached hydrogens (tertiary/aromatic N) is 2. The summed E-state index contributed by atoms with van der Waals surface area (Å²) in [6, 6.07) is 2.55. The molecule has 0 saturated heterocycles. The van der Waals surface area contributed by atoms with Gasteiger partial charge in [-0.15, -0.1) is 0 Å². The van der Waals surface area contributed by atoms with Gasteiger partial charge in [0, 0.05) is 0 Å². The van der Waals surface area contributed by atoms with Crippen LogP contribution in [0.3, 0.4) is 0 Å². The van der Waals surface area contributed by atoms with Crippen molar-refractivity contribution >= 4 is 22.1 Å². The Morgan fingerprint density at radius 3 is 2.05 bits per heavy atom. The summed E-state index contributed by atoms with van der Waals surface area (Å²) in [5, 5.41) is 5.13. The quantitative estimate of drug-likeness (QED) is 0.515. The molecule has 0 bridgehead atoms. The van der Waals surface area contributed by atoms with Gasteiger partial charge in [0.15, 0.2) is 0 Å². The molecule has 120 valence electrons. The van der Waals surface area contributed by atoms with Crippen LogP contribution in [-0.4, -0.2) is 28.2 Å². The Morgan fingerprint density at radius 1 is 1.00 bits per heavy atom. The molecule has 0 radical (unpaired) electrons. The standard InChI is InChI=1S/C6H7N2.3C4H9.Sn/c1-2-6-3-4-7-8(6)5-1;3*1-3-4-2;/h3H,1-2,5H2;3*1,3-4H2,2H3;. The summed E-state index contributed by atoms with van der Waals surface area (Å²) in [5.41, 5.74) is 1.54. The SMILES string of the molecule is CCC[CH2][Sn]([CH2]CCC)([CH2]CCC)[c]1cc2n(n1)CCC2. The van der Waals surface area contributed by atoms with Crippen molar-refractivity contribution in [2.75, 3.05) is 0 Å². The molecule has 0 N–H and O–H groups in total. The molecule has 1 aliphatic rings. The number of hydrogen-bond acceptors (Lipinski definition) is 1. The van der Waals surface area contributed by atoms with Gasteiger partial charge >= 0.3 is 136 Å². The molecule has 0 aromatic carbocycles. The van der Waals surface area contributed by atoms with E-state index in [1.165, 1.54) is 63.6 Å². The fourth-order valence-corrected chi connectivity index (χ4v) is 19.3. The Balaban J connectivity index is 2.24. The van der Waals surface area contributed by atoms with Gasteiger partial charge in [-0.25, -0.2) is 0 Å². The molecule has 0 amide bonds. The summed E-state index contributed by atoms with van der Waals surface area (Å²) >= 11 is -2.24. The Morgan fingerprint density at radius 2 is 1.57 bits per heavy atom. The number of aryl methyl sites for hydroxylation is 2. The van der Waals surface area contributed by atoms with Gasteiger partial charge in [0.1, 0.15) is 0 Å². The van der Waals surface area contributed by atoms with Crippen molar-refractivity contribution in [3.63, 3.8) is 0 Å². The van der Waals surface area contributed by atoms with E-state index in [1.807, 2.05) is 0 Å². The number of hydrogen-bond donors (Lipinski definition) is 0. The van der Waals surface area contributed by atoms with E-state index in [9.17, 15) is 0 Å². The molecule has 0 spiro atoms. The summed E-state index contributed by atoms with van der Waals surface area (Å²) in [6.07, 6.45) is 10.9. The molecule has 0 unspecified atom stereocenters. The van der Waals surface area contributed by atoms with Crippen molar-refractivity contribution in [3.8, 4) is 0 Å². The van der Waals surface area contributed by atoms with Crippen LogP contribution >= 0.6 is 0 Å². The van der Waals surface area contributed by atoms with Gasteiger partial charge in [-0.1, -0.05) is 0 Å². The summed E-state index contributed by atoms with van der Waals surface area (Å²) < 4.78 is 8.60. The number of rotatable bonds is 10. The molecule has 3 heteroatoms. The van der Waals surface area contributed by atoms with E-state index < -0.39 is 18.4 Å². The van der Waals surface area contributed by atoms with Gasteiger partial charge in [-0.3, -0.25) is 0 Å². The van der Waals surface area contributed by atoms with Crippen LogP contribution in [0.1, 0.15) is 71.4 Å². The molecule has 0 fully saturated rings. The molecule has 0 atom stereocenters. The zero-order valence-electron chi connectivity index (χ0n) is 14.5. The summed E-state index contributed by atoms with van der Waals surface area (Å²) in [6.45, 7) is 8.23. The normalized spacial score (nSPS) is 14.6. The molecule has 21 heavy (non-hydrogen) atoms. The average Bonchev–Trinajstić information content (AvgIpc) is 3.08. The predicted octanol–water partition coefficient (Wildman–Crippen LogP) is 4.89. The zero-order valence-corrected chi connectivity index (χ0v) is 17.3. The van der Waals surface area contributed by atoms with Crippen LogP contribution in [0.25, 0.3) is 0 Å². The maximum absolute atomic E-state index is 5.13. The van der Waals surface area contributed by atoms with E-state index in [2.05, 4.69) is 31.5 Å². The second-order valence-electron chi connectivity index (χ2n) is 6.94. The van der Waals surface area contributed by atoms with Crippen LogP contribution in [-0.2, 0) is 13.0 Å². The van der Waals surface area contributed by atoms with Crippen molar-refractivity contribution in [2.45, 2.75) is 92.0 Å². The van der Waals surface area contributed by atoms with Crippen molar-refractivity contribution < 1.29 is 0 Å². The minimum absolute atomic E-state index is 1.17. The maximum atomic E-state index is 5.13. The molecule has 2 rings (SSSR count). The summed E-state index contributed by atoms with van der Waals surface area (Å²) in [7, 11) is 0. The number of fused-ring (bicyclic) bond motifs is 1. The number of unbranched alkanes of at least 4 members (excludes halogenated alkanes) is 3. The first-order valence-corrected chi connectivity index (χ1v) is 16.8. The third kappa shape index (κ3) is 4.26. The van der Waals surface area contributed by atoms with Crippen LogP contribution in [0.4, 0.5) is 0 Å². The molecular formula is C18H34N2Sn. The second kappa shape index (κ2) is 8.59. The van der Waals surface area contributed by atoms with Crippen molar-refractivity contribution in [1.29, 1.82) is 0 Å². The molecule has 0 saturated carbocycles. The first-order valence-electron chi connectivity index (χ1n) is 9.33. The van der Waals surface area contributed by atoms with Gasteiger partial charge in [-0.05, 0) is 0 Å². The summed E-state index contributed by atoms with van der Waals surface area (Å²) in [5.74, 6) is 0. The van der Waals surface area contributed by atoms with Gasteiger partial charge in [-0.2, -0.15) is 0 Å². The van der Waals surface area contributed by atoms with E-state index in [0.29, 0.717) is 0 Å². The first-order chi connectivity index (χ1) is 10.3. The Hall–Kier alpha value is 0.00870. The van der Waals surface area contributed by atoms with E-state index in [1.54, 1.807) is 17.0 Å². The molecule has 1 aliphatic heterocycles. The van der Waals surface area contributed by atoms with Gasteiger partial charge < -0.3 is 0 Å². The Kier molecular flexibility index (Phi) is 7.10. The molecule has 1 aromatic rings. The van der Waals surface area contributed by atoms with Gasteiger partial charge in [0.25, 0.3) is 0 Å². The molecule has 2 heterocycles. The van der Waals surface area contributed by atoms with Crippen LogP contribution in [0.15, 0.2) is 6.07 Å². The third-order valence-electron chi connectivity index (χ3n) is 5.24. The van der Waals surface area contributed by atoms with E-state index in [-0.39, 0.29) is 0 Å². The predicted molar refractivity (Wildman–Crippen MR) is 95.1 cm³/mol. The topological polar surface area (TPSA) is 17.8 Å². The molecule has 1 aromatic heterocycles. The molecule has 0 aliphatic carbocycles. The second-order valence-corrected chi connectivity index (χ2v) is 20.0. The Labute approximate surface area is 135 Å². The van der Waals surface area contributed by atoms with Crippen molar-refractivity contribution in [1.82, 2.24) is 9.78 Å². The van der Waals surface area contributed by atoms with E-state index in [4.69, 9.17) is 5.10 Å². The summed E-state index contributed by atoms with van der Waals surface area (Å²) in [4.78, 5) is 0. The van der Waals surface area contributed by atoms with Crippen LogP contribution in [0.2, 0.25) is 13.3 Å². The van der Waals surface area contributed by atoms with Crippen molar-refractivity contribution in [3.05, 3.63) is 11.8 Å². The first kappa shape index (κ1) is 17.4. The van der Waals surface area contributed by atoms with Crippen molar-refractivity contribution in [2.24, 2.45) is 0 Å². The van der Waals surface area contributed by atoms with Crippen LogP contribution in [0.5, 0.6) is 0 Å². The van der Waals surface area contributed by atoms with Gasteiger partial charge in [0.05, 0.1) is 0 Å².